The van der Waals surface area contributed by atoms with E-state index in [-0.39, 0.29) is 5.91 Å². The lowest BCUT2D eigenvalue weighted by Gasteiger charge is -2.32. The number of hydrogen-bond acceptors (Lipinski definition) is 5. The minimum Gasteiger partial charge on any atom is -0.357 e. The van der Waals surface area contributed by atoms with Gasteiger partial charge in [0.1, 0.15) is 11.0 Å². The molecular weight excluding hydrogens is 344 g/mol. The van der Waals surface area contributed by atoms with Crippen LogP contribution in [0.3, 0.4) is 0 Å². The van der Waals surface area contributed by atoms with Gasteiger partial charge in [0.05, 0.1) is 5.75 Å². The van der Waals surface area contributed by atoms with Gasteiger partial charge in [-0.3, -0.25) is 4.79 Å². The van der Waals surface area contributed by atoms with Crippen molar-refractivity contribution in [2.24, 2.45) is 0 Å². The Bertz CT molecular complexity index is 547. The van der Waals surface area contributed by atoms with E-state index < -0.39 is 0 Å². The molecule has 134 valence electrons. The quantitative estimate of drug-likeness (QED) is 0.414. The van der Waals surface area contributed by atoms with Crippen molar-refractivity contribution in [3.05, 3.63) is 11.2 Å². The molecule has 0 N–H and O–H groups in total. The van der Waals surface area contributed by atoms with E-state index in [1.165, 1.54) is 43.9 Å². The van der Waals surface area contributed by atoms with Gasteiger partial charge in [0, 0.05) is 32.2 Å². The number of rotatable bonds is 7. The minimum absolute atomic E-state index is 0.107. The first-order valence-corrected chi connectivity index (χ1v) is 10.1. The Kier molecular flexibility index (Phi) is 7.62. The molecule has 0 aliphatic heterocycles. The molecule has 24 heavy (non-hydrogen) atoms. The van der Waals surface area contributed by atoms with Crippen LogP contribution >= 0.6 is 23.4 Å². The first-order chi connectivity index (χ1) is 11.5. The topological polar surface area (TPSA) is 49.3 Å². The molecule has 5 nitrogen and oxygen atoms in total. The number of thioether (sulfide) groups is 1. The number of aromatic nitrogens is 2. The summed E-state index contributed by atoms with van der Waals surface area (Å²) in [5.41, 5.74) is 0. The Labute approximate surface area is 154 Å². The molecule has 7 heteroatoms. The SMILES string of the molecule is CCN(CC)C(=O)CSc1nc(Cl)cc(N(C)C2CCCCC2)n1. The first kappa shape index (κ1) is 19.3. The monoisotopic (exact) mass is 370 g/mol. The molecule has 0 aromatic carbocycles. The summed E-state index contributed by atoms with van der Waals surface area (Å²) in [6, 6.07) is 2.33. The van der Waals surface area contributed by atoms with E-state index in [1.807, 2.05) is 24.8 Å². The van der Waals surface area contributed by atoms with E-state index in [0.717, 1.165) is 18.9 Å². The fourth-order valence-electron chi connectivity index (χ4n) is 3.08. The molecule has 1 aliphatic rings. The zero-order chi connectivity index (χ0) is 17.5. The molecule has 1 fully saturated rings. The largest absolute Gasteiger partial charge is 0.357 e. The second-order valence-electron chi connectivity index (χ2n) is 6.09. The summed E-state index contributed by atoms with van der Waals surface area (Å²) in [6.45, 7) is 5.42. The third-order valence-corrected chi connectivity index (χ3v) is 5.61. The van der Waals surface area contributed by atoms with Crippen LogP contribution in [-0.2, 0) is 4.79 Å². The van der Waals surface area contributed by atoms with E-state index in [4.69, 9.17) is 11.6 Å². The highest BCUT2D eigenvalue weighted by Crippen LogP contribution is 2.27. The van der Waals surface area contributed by atoms with Crippen LogP contribution in [0.2, 0.25) is 5.15 Å². The maximum absolute atomic E-state index is 12.1. The summed E-state index contributed by atoms with van der Waals surface area (Å²) in [6.07, 6.45) is 6.26. The predicted octanol–water partition coefficient (Wildman–Crippen LogP) is 3.86. The molecule has 0 saturated heterocycles. The number of halogens is 1. The van der Waals surface area contributed by atoms with Crippen molar-refractivity contribution in [1.82, 2.24) is 14.9 Å². The first-order valence-electron chi connectivity index (χ1n) is 8.73. The molecular formula is C17H27ClN4OS. The van der Waals surface area contributed by atoms with E-state index in [0.29, 0.717) is 22.1 Å². The summed E-state index contributed by atoms with van der Waals surface area (Å²) in [5, 5.41) is 1.00. The van der Waals surface area contributed by atoms with Gasteiger partial charge >= 0.3 is 0 Å². The summed E-state index contributed by atoms with van der Waals surface area (Å²) < 4.78 is 0. The maximum Gasteiger partial charge on any atom is 0.233 e. The van der Waals surface area contributed by atoms with E-state index in [9.17, 15) is 4.79 Å². The molecule has 0 bridgehead atoms. The molecule has 0 atom stereocenters. The Morgan fingerprint density at radius 1 is 1.25 bits per heavy atom. The molecule has 0 spiro atoms. The van der Waals surface area contributed by atoms with Crippen LogP contribution in [-0.4, -0.2) is 52.7 Å². The Morgan fingerprint density at radius 3 is 2.54 bits per heavy atom. The smallest absolute Gasteiger partial charge is 0.233 e. The van der Waals surface area contributed by atoms with Crippen molar-refractivity contribution in [3.63, 3.8) is 0 Å². The van der Waals surface area contributed by atoms with E-state index in [1.54, 1.807) is 0 Å². The average Bonchev–Trinajstić information content (AvgIpc) is 2.60. The molecule has 1 saturated carbocycles. The Morgan fingerprint density at radius 2 is 1.92 bits per heavy atom. The van der Waals surface area contributed by atoms with E-state index in [2.05, 4.69) is 21.9 Å². The van der Waals surface area contributed by atoms with Gasteiger partial charge in [-0.15, -0.1) is 0 Å². The van der Waals surface area contributed by atoms with Crippen LogP contribution in [0, 0.1) is 0 Å². The van der Waals surface area contributed by atoms with Crippen LogP contribution in [0.25, 0.3) is 0 Å². The molecule has 1 aromatic rings. The molecule has 1 amide bonds. The Balaban J connectivity index is 2.03. The van der Waals surface area contributed by atoms with Crippen LogP contribution < -0.4 is 4.90 Å². The van der Waals surface area contributed by atoms with Crippen molar-refractivity contribution in [2.45, 2.75) is 57.1 Å². The van der Waals surface area contributed by atoms with Crippen molar-refractivity contribution in [1.29, 1.82) is 0 Å². The highest BCUT2D eigenvalue weighted by Gasteiger charge is 2.20. The molecule has 2 rings (SSSR count). The zero-order valence-electron chi connectivity index (χ0n) is 14.8. The number of hydrogen-bond donors (Lipinski definition) is 0. The van der Waals surface area contributed by atoms with Crippen LogP contribution in [0.5, 0.6) is 0 Å². The highest BCUT2D eigenvalue weighted by molar-refractivity contribution is 7.99. The standard InChI is InChI=1S/C17H27ClN4OS/c1-4-22(5-2)16(23)12-24-17-19-14(18)11-15(20-17)21(3)13-9-7-6-8-10-13/h11,13H,4-10,12H2,1-3H3. The van der Waals surface area contributed by atoms with Crippen molar-refractivity contribution in [2.75, 3.05) is 30.8 Å². The molecule has 0 unspecified atom stereocenters. The number of anilines is 1. The molecule has 0 radical (unpaired) electrons. The maximum atomic E-state index is 12.1. The van der Waals surface area contributed by atoms with Crippen molar-refractivity contribution >= 4 is 35.1 Å². The van der Waals surface area contributed by atoms with Crippen LogP contribution in [0.1, 0.15) is 46.0 Å². The van der Waals surface area contributed by atoms with Gasteiger partial charge in [-0.25, -0.2) is 9.97 Å². The fourth-order valence-corrected chi connectivity index (χ4v) is 4.06. The second kappa shape index (κ2) is 9.47. The van der Waals surface area contributed by atoms with Gasteiger partial charge in [-0.1, -0.05) is 42.6 Å². The summed E-state index contributed by atoms with van der Waals surface area (Å²) >= 11 is 7.53. The zero-order valence-corrected chi connectivity index (χ0v) is 16.4. The summed E-state index contributed by atoms with van der Waals surface area (Å²) in [7, 11) is 2.07. The van der Waals surface area contributed by atoms with Gasteiger partial charge < -0.3 is 9.80 Å². The van der Waals surface area contributed by atoms with Gasteiger partial charge in [0.25, 0.3) is 0 Å². The Hall–Kier alpha value is -1.01. The molecule has 1 heterocycles. The lowest BCUT2D eigenvalue weighted by molar-refractivity contribution is -0.127. The van der Waals surface area contributed by atoms with Crippen LogP contribution in [0.15, 0.2) is 11.2 Å². The molecule has 1 aromatic heterocycles. The number of carbonyl (C=O) groups is 1. The van der Waals surface area contributed by atoms with Gasteiger partial charge in [-0.2, -0.15) is 0 Å². The second-order valence-corrected chi connectivity index (χ2v) is 7.42. The van der Waals surface area contributed by atoms with Crippen molar-refractivity contribution in [3.8, 4) is 0 Å². The number of nitrogens with zero attached hydrogens (tertiary/aromatic N) is 4. The van der Waals surface area contributed by atoms with Crippen molar-refractivity contribution < 1.29 is 4.79 Å². The summed E-state index contributed by atoms with van der Waals surface area (Å²) in [4.78, 5) is 25.0. The fraction of sp³-hybridized carbons (Fsp3) is 0.706. The van der Waals surface area contributed by atoms with Crippen LogP contribution in [0.4, 0.5) is 5.82 Å². The van der Waals surface area contributed by atoms with Gasteiger partial charge in [-0.05, 0) is 26.7 Å². The third kappa shape index (κ3) is 5.24. The van der Waals surface area contributed by atoms with Gasteiger partial charge in [0.15, 0.2) is 5.16 Å². The highest BCUT2D eigenvalue weighted by atomic mass is 35.5. The molecule has 1 aliphatic carbocycles. The third-order valence-electron chi connectivity index (χ3n) is 4.59. The summed E-state index contributed by atoms with van der Waals surface area (Å²) in [5.74, 6) is 1.30. The van der Waals surface area contributed by atoms with Gasteiger partial charge in [0.2, 0.25) is 5.91 Å². The predicted molar refractivity (Wildman–Crippen MR) is 101 cm³/mol. The number of carbonyl (C=O) groups excluding carboxylic acids is 1. The average molecular weight is 371 g/mol. The minimum atomic E-state index is 0.107. The lowest BCUT2D eigenvalue weighted by atomic mass is 9.94. The normalized spacial score (nSPS) is 15.3. The number of amides is 1. The van der Waals surface area contributed by atoms with E-state index >= 15 is 0 Å². The lowest BCUT2D eigenvalue weighted by Crippen LogP contribution is -2.34.